The number of rotatable bonds is 5. The third kappa shape index (κ3) is 3.69. The standard InChI is InChI=1S/C13H19N3O2S/c1-10(2)6-7-16(3)19(17,18)13-5-4-11(9-14)8-12(13)15/h4-5,8,10H,6-7,15H2,1-3H3. The average Bonchev–Trinajstić information content (AvgIpc) is 2.35. The first-order chi connectivity index (χ1) is 8.78. The van der Waals surface area contributed by atoms with Crippen molar-refractivity contribution >= 4 is 15.7 Å². The van der Waals surface area contributed by atoms with Crippen LogP contribution in [0.4, 0.5) is 5.69 Å². The van der Waals surface area contributed by atoms with Crippen LogP contribution in [0.25, 0.3) is 0 Å². The summed E-state index contributed by atoms with van der Waals surface area (Å²) < 4.78 is 26.0. The SMILES string of the molecule is CC(C)CCN(C)S(=O)(=O)c1ccc(C#N)cc1N. The summed E-state index contributed by atoms with van der Waals surface area (Å²) in [6, 6.07) is 6.15. The summed E-state index contributed by atoms with van der Waals surface area (Å²) in [5.41, 5.74) is 6.18. The van der Waals surface area contributed by atoms with E-state index in [1.807, 2.05) is 19.9 Å². The van der Waals surface area contributed by atoms with Crippen molar-refractivity contribution in [3.8, 4) is 6.07 Å². The fourth-order valence-electron chi connectivity index (χ4n) is 1.58. The van der Waals surface area contributed by atoms with Gasteiger partial charge in [0.1, 0.15) is 4.90 Å². The minimum Gasteiger partial charge on any atom is -0.398 e. The Bertz CT molecular complexity index is 588. The Balaban J connectivity index is 3.04. The Labute approximate surface area is 114 Å². The molecule has 0 heterocycles. The smallest absolute Gasteiger partial charge is 0.244 e. The van der Waals surface area contributed by atoms with E-state index in [1.54, 1.807) is 0 Å². The maximum absolute atomic E-state index is 12.3. The molecule has 0 saturated carbocycles. The maximum atomic E-state index is 12.3. The van der Waals surface area contributed by atoms with Crippen LogP contribution < -0.4 is 5.73 Å². The first-order valence-electron chi connectivity index (χ1n) is 6.05. The Morgan fingerprint density at radius 1 is 1.42 bits per heavy atom. The minimum atomic E-state index is -3.59. The van der Waals surface area contributed by atoms with Crippen LogP contribution >= 0.6 is 0 Å². The zero-order chi connectivity index (χ0) is 14.6. The molecule has 0 saturated heterocycles. The number of hydrogen-bond acceptors (Lipinski definition) is 4. The normalized spacial score (nSPS) is 11.8. The van der Waals surface area contributed by atoms with Gasteiger partial charge in [-0.25, -0.2) is 12.7 Å². The molecular weight excluding hydrogens is 262 g/mol. The summed E-state index contributed by atoms with van der Waals surface area (Å²) in [7, 11) is -2.05. The van der Waals surface area contributed by atoms with Gasteiger partial charge in [-0.1, -0.05) is 13.8 Å². The number of nitrogens with zero attached hydrogens (tertiary/aromatic N) is 2. The van der Waals surface area contributed by atoms with Crippen LogP contribution in [0.2, 0.25) is 0 Å². The number of nitrogens with two attached hydrogens (primary N) is 1. The van der Waals surface area contributed by atoms with Crippen LogP contribution in [0.15, 0.2) is 23.1 Å². The van der Waals surface area contributed by atoms with Gasteiger partial charge in [0, 0.05) is 13.6 Å². The van der Waals surface area contributed by atoms with Gasteiger partial charge in [-0.2, -0.15) is 5.26 Å². The van der Waals surface area contributed by atoms with E-state index in [1.165, 1.54) is 29.6 Å². The Kier molecular flexibility index (Phi) is 4.92. The van der Waals surface area contributed by atoms with Crippen LogP contribution in [0.1, 0.15) is 25.8 Å². The van der Waals surface area contributed by atoms with Gasteiger partial charge < -0.3 is 5.73 Å². The molecule has 5 nitrogen and oxygen atoms in total. The number of benzene rings is 1. The van der Waals surface area contributed by atoms with E-state index < -0.39 is 10.0 Å². The van der Waals surface area contributed by atoms with Gasteiger partial charge in [0.2, 0.25) is 10.0 Å². The Hall–Kier alpha value is -1.58. The van der Waals surface area contributed by atoms with Gasteiger partial charge in [0.05, 0.1) is 17.3 Å². The van der Waals surface area contributed by atoms with Crippen molar-refractivity contribution < 1.29 is 8.42 Å². The molecule has 0 fully saturated rings. The first-order valence-corrected chi connectivity index (χ1v) is 7.49. The number of nitrogen functional groups attached to an aromatic ring is 1. The molecule has 1 aromatic rings. The zero-order valence-electron chi connectivity index (χ0n) is 11.4. The second-order valence-corrected chi connectivity index (χ2v) is 6.89. The second kappa shape index (κ2) is 6.04. The largest absolute Gasteiger partial charge is 0.398 e. The molecule has 1 rings (SSSR count). The molecule has 2 N–H and O–H groups in total. The number of hydrogen-bond donors (Lipinski definition) is 1. The lowest BCUT2D eigenvalue weighted by molar-refractivity contribution is 0.428. The Morgan fingerprint density at radius 3 is 2.53 bits per heavy atom. The maximum Gasteiger partial charge on any atom is 0.244 e. The van der Waals surface area contributed by atoms with E-state index in [0.717, 1.165) is 6.42 Å². The van der Waals surface area contributed by atoms with Crippen LogP contribution in [0.5, 0.6) is 0 Å². The molecule has 0 unspecified atom stereocenters. The van der Waals surface area contributed by atoms with Crippen molar-refractivity contribution in [1.29, 1.82) is 5.26 Å². The van der Waals surface area contributed by atoms with Gasteiger partial charge in [-0.3, -0.25) is 0 Å². The molecule has 6 heteroatoms. The molecule has 0 spiro atoms. The highest BCUT2D eigenvalue weighted by Gasteiger charge is 2.23. The third-order valence-electron chi connectivity index (χ3n) is 2.85. The third-order valence-corrected chi connectivity index (χ3v) is 4.78. The van der Waals surface area contributed by atoms with E-state index in [2.05, 4.69) is 0 Å². The van der Waals surface area contributed by atoms with Gasteiger partial charge >= 0.3 is 0 Å². The predicted octanol–water partition coefficient (Wildman–Crippen LogP) is 1.81. The van der Waals surface area contributed by atoms with Crippen LogP contribution in [0, 0.1) is 17.2 Å². The molecule has 0 bridgehead atoms. The lowest BCUT2D eigenvalue weighted by Crippen LogP contribution is -2.29. The summed E-state index contributed by atoms with van der Waals surface area (Å²) in [5, 5.41) is 8.74. The van der Waals surface area contributed by atoms with Gasteiger partial charge in [0.15, 0.2) is 0 Å². The lowest BCUT2D eigenvalue weighted by Gasteiger charge is -2.19. The zero-order valence-corrected chi connectivity index (χ0v) is 12.2. The van der Waals surface area contributed by atoms with E-state index in [0.29, 0.717) is 18.0 Å². The molecule has 104 valence electrons. The van der Waals surface area contributed by atoms with E-state index in [9.17, 15) is 8.42 Å². The number of anilines is 1. The highest BCUT2D eigenvalue weighted by Crippen LogP contribution is 2.23. The topological polar surface area (TPSA) is 87.2 Å². The highest BCUT2D eigenvalue weighted by molar-refractivity contribution is 7.89. The molecular formula is C13H19N3O2S. The van der Waals surface area contributed by atoms with Crippen LogP contribution in [-0.4, -0.2) is 26.3 Å². The number of sulfonamides is 1. The second-order valence-electron chi connectivity index (χ2n) is 4.87. The van der Waals surface area contributed by atoms with Gasteiger partial charge in [0.25, 0.3) is 0 Å². The Morgan fingerprint density at radius 2 is 2.05 bits per heavy atom. The summed E-state index contributed by atoms with van der Waals surface area (Å²) in [6.07, 6.45) is 0.784. The fourth-order valence-corrected chi connectivity index (χ4v) is 2.86. The molecule has 0 atom stereocenters. The fraction of sp³-hybridized carbons (Fsp3) is 0.462. The molecule has 0 aliphatic rings. The highest BCUT2D eigenvalue weighted by atomic mass is 32.2. The van der Waals surface area contributed by atoms with E-state index >= 15 is 0 Å². The summed E-state index contributed by atoms with van der Waals surface area (Å²) in [6.45, 7) is 4.52. The number of nitriles is 1. The molecule has 0 aliphatic heterocycles. The summed E-state index contributed by atoms with van der Waals surface area (Å²) in [4.78, 5) is 0.0535. The van der Waals surface area contributed by atoms with Crippen LogP contribution in [0.3, 0.4) is 0 Å². The molecule has 1 aromatic carbocycles. The van der Waals surface area contributed by atoms with Crippen molar-refractivity contribution in [2.75, 3.05) is 19.3 Å². The van der Waals surface area contributed by atoms with Gasteiger partial charge in [-0.15, -0.1) is 0 Å². The van der Waals surface area contributed by atoms with Crippen molar-refractivity contribution in [3.63, 3.8) is 0 Å². The minimum absolute atomic E-state index is 0.0535. The van der Waals surface area contributed by atoms with Crippen molar-refractivity contribution in [2.24, 2.45) is 5.92 Å². The molecule has 0 radical (unpaired) electrons. The van der Waals surface area contributed by atoms with E-state index in [-0.39, 0.29) is 10.6 Å². The molecule has 0 aliphatic carbocycles. The van der Waals surface area contributed by atoms with E-state index in [4.69, 9.17) is 11.0 Å². The van der Waals surface area contributed by atoms with Crippen LogP contribution in [-0.2, 0) is 10.0 Å². The van der Waals surface area contributed by atoms with Crippen molar-refractivity contribution in [1.82, 2.24) is 4.31 Å². The molecule has 0 amide bonds. The quantitative estimate of drug-likeness (QED) is 0.834. The summed E-state index contributed by atoms with van der Waals surface area (Å²) in [5.74, 6) is 0.427. The van der Waals surface area contributed by atoms with Crippen molar-refractivity contribution in [2.45, 2.75) is 25.2 Å². The molecule has 19 heavy (non-hydrogen) atoms. The summed E-state index contributed by atoms with van der Waals surface area (Å²) >= 11 is 0. The van der Waals surface area contributed by atoms with Crippen molar-refractivity contribution in [3.05, 3.63) is 23.8 Å². The molecule has 0 aromatic heterocycles. The predicted molar refractivity (Wildman–Crippen MR) is 74.8 cm³/mol. The first kappa shape index (κ1) is 15.5. The average molecular weight is 281 g/mol. The lowest BCUT2D eigenvalue weighted by atomic mass is 10.1. The van der Waals surface area contributed by atoms with Gasteiger partial charge in [-0.05, 0) is 30.5 Å². The monoisotopic (exact) mass is 281 g/mol.